The van der Waals surface area contributed by atoms with Crippen LogP contribution in [0.3, 0.4) is 0 Å². The predicted molar refractivity (Wildman–Crippen MR) is 93.8 cm³/mol. The lowest BCUT2D eigenvalue weighted by Crippen LogP contribution is -2.47. The number of hydrogen-bond donors (Lipinski definition) is 0. The average molecular weight is 292 g/mol. The van der Waals surface area contributed by atoms with Crippen molar-refractivity contribution in [1.29, 1.82) is 0 Å². The lowest BCUT2D eigenvalue weighted by atomic mass is 9.93. The number of anilines is 1. The molecule has 1 heterocycles. The Hall–Kier alpha value is -2.22. The van der Waals surface area contributed by atoms with Gasteiger partial charge in [-0.2, -0.15) is 0 Å². The minimum atomic E-state index is -0.206. The molecule has 0 saturated heterocycles. The van der Waals surface area contributed by atoms with Gasteiger partial charge in [-0.15, -0.1) is 0 Å². The normalized spacial score (nSPS) is 20.8. The van der Waals surface area contributed by atoms with Crippen molar-refractivity contribution >= 4 is 5.69 Å². The van der Waals surface area contributed by atoms with Crippen LogP contribution in [-0.2, 0) is 5.66 Å². The minimum Gasteiger partial charge on any atom is -0.353 e. The third kappa shape index (κ3) is 2.02. The van der Waals surface area contributed by atoms with Gasteiger partial charge in [-0.1, -0.05) is 42.5 Å². The van der Waals surface area contributed by atoms with Gasteiger partial charge < -0.3 is 9.80 Å². The first-order valence-corrected chi connectivity index (χ1v) is 7.79. The molecular weight excluding hydrogens is 268 g/mol. The number of hydrogen-bond acceptors (Lipinski definition) is 2. The zero-order valence-electron chi connectivity index (χ0n) is 14.1. The Balaban J connectivity index is 2.20. The van der Waals surface area contributed by atoms with E-state index in [9.17, 15) is 0 Å². The number of aryl methyl sites for hydroxylation is 3. The summed E-state index contributed by atoms with van der Waals surface area (Å²) >= 11 is 0. The first kappa shape index (κ1) is 14.7. The Bertz CT molecular complexity index is 712. The smallest absolute Gasteiger partial charge is 0.140 e. The first-order chi connectivity index (χ1) is 10.5. The summed E-state index contributed by atoms with van der Waals surface area (Å²) in [4.78, 5) is 4.70. The molecule has 2 nitrogen and oxygen atoms in total. The molecule has 0 fully saturated rings. The number of nitrogens with zero attached hydrogens (tertiary/aromatic N) is 2. The maximum atomic E-state index is 2.40. The van der Waals surface area contributed by atoms with Crippen molar-refractivity contribution in [3.05, 3.63) is 77.1 Å². The maximum Gasteiger partial charge on any atom is 0.140 e. The SMILES string of the molecule is Cc1ccccc1C1(C)N(C)C=CN1c1c(C)cccc1C. The van der Waals surface area contributed by atoms with Crippen molar-refractivity contribution < 1.29 is 0 Å². The highest BCUT2D eigenvalue weighted by molar-refractivity contribution is 5.65. The average Bonchev–Trinajstić information content (AvgIpc) is 2.77. The van der Waals surface area contributed by atoms with Crippen molar-refractivity contribution in [2.75, 3.05) is 11.9 Å². The molecule has 114 valence electrons. The van der Waals surface area contributed by atoms with Gasteiger partial charge in [0, 0.05) is 30.7 Å². The quantitative estimate of drug-likeness (QED) is 0.791. The lowest BCUT2D eigenvalue weighted by Gasteiger charge is -2.43. The molecule has 2 heteroatoms. The fourth-order valence-electron chi connectivity index (χ4n) is 3.53. The standard InChI is InChI=1S/C20H24N2/c1-15-9-6-7-12-18(15)20(4)21(5)13-14-22(20)19-16(2)10-8-11-17(19)3/h6-14H,1-5H3. The van der Waals surface area contributed by atoms with Gasteiger partial charge >= 0.3 is 0 Å². The summed E-state index contributed by atoms with van der Waals surface area (Å²) in [5, 5.41) is 0. The zero-order valence-corrected chi connectivity index (χ0v) is 14.1. The molecule has 0 aromatic heterocycles. The second-order valence-electron chi connectivity index (χ2n) is 6.36. The van der Waals surface area contributed by atoms with E-state index in [-0.39, 0.29) is 5.66 Å². The van der Waals surface area contributed by atoms with Crippen molar-refractivity contribution in [3.8, 4) is 0 Å². The Morgan fingerprint density at radius 3 is 2.00 bits per heavy atom. The second-order valence-corrected chi connectivity index (χ2v) is 6.36. The van der Waals surface area contributed by atoms with Gasteiger partial charge in [-0.3, -0.25) is 0 Å². The van der Waals surface area contributed by atoms with Crippen molar-refractivity contribution in [1.82, 2.24) is 4.90 Å². The van der Waals surface area contributed by atoms with Crippen LogP contribution in [0.2, 0.25) is 0 Å². The highest BCUT2D eigenvalue weighted by Gasteiger charge is 2.41. The Kier molecular flexibility index (Phi) is 3.48. The van der Waals surface area contributed by atoms with Crippen LogP contribution in [0.25, 0.3) is 0 Å². The van der Waals surface area contributed by atoms with Crippen molar-refractivity contribution in [3.63, 3.8) is 0 Å². The fraction of sp³-hybridized carbons (Fsp3) is 0.300. The van der Waals surface area contributed by atoms with Crippen LogP contribution in [0.1, 0.15) is 29.2 Å². The third-order valence-electron chi connectivity index (χ3n) is 4.93. The van der Waals surface area contributed by atoms with Gasteiger partial charge in [0.05, 0.1) is 0 Å². The highest BCUT2D eigenvalue weighted by atomic mass is 15.4. The monoisotopic (exact) mass is 292 g/mol. The molecule has 0 N–H and O–H groups in total. The van der Waals surface area contributed by atoms with E-state index < -0.39 is 0 Å². The molecule has 2 aromatic carbocycles. The summed E-state index contributed by atoms with van der Waals surface area (Å²) in [5.74, 6) is 0. The van der Waals surface area contributed by atoms with Gasteiger partial charge in [0.1, 0.15) is 5.66 Å². The molecule has 1 aliphatic rings. The van der Waals surface area contributed by atoms with Crippen LogP contribution in [-0.4, -0.2) is 11.9 Å². The van der Waals surface area contributed by atoms with Crippen LogP contribution in [0.15, 0.2) is 54.9 Å². The number of para-hydroxylation sites is 1. The summed E-state index contributed by atoms with van der Waals surface area (Å²) in [6.07, 6.45) is 4.36. The summed E-state index contributed by atoms with van der Waals surface area (Å²) in [7, 11) is 2.15. The van der Waals surface area contributed by atoms with Gasteiger partial charge in [-0.25, -0.2) is 0 Å². The molecule has 0 amide bonds. The summed E-state index contributed by atoms with van der Waals surface area (Å²) in [6.45, 7) is 8.86. The lowest BCUT2D eigenvalue weighted by molar-refractivity contribution is 0.229. The van der Waals surface area contributed by atoms with E-state index in [4.69, 9.17) is 0 Å². The van der Waals surface area contributed by atoms with E-state index in [1.807, 2.05) is 0 Å². The van der Waals surface area contributed by atoms with Gasteiger partial charge in [0.25, 0.3) is 0 Å². The van der Waals surface area contributed by atoms with Gasteiger partial charge in [0.2, 0.25) is 0 Å². The van der Waals surface area contributed by atoms with Crippen molar-refractivity contribution in [2.24, 2.45) is 0 Å². The third-order valence-corrected chi connectivity index (χ3v) is 4.93. The Morgan fingerprint density at radius 2 is 1.36 bits per heavy atom. The Labute approximate surface area is 133 Å². The topological polar surface area (TPSA) is 6.48 Å². The molecule has 0 saturated carbocycles. The molecule has 1 aliphatic heterocycles. The van der Waals surface area contributed by atoms with E-state index in [0.29, 0.717) is 0 Å². The molecule has 1 atom stereocenters. The molecule has 1 unspecified atom stereocenters. The molecule has 0 radical (unpaired) electrons. The van der Waals surface area contributed by atoms with E-state index in [0.717, 1.165) is 0 Å². The van der Waals surface area contributed by atoms with Crippen molar-refractivity contribution in [2.45, 2.75) is 33.4 Å². The number of benzene rings is 2. The van der Waals surface area contributed by atoms with Crippen LogP contribution >= 0.6 is 0 Å². The van der Waals surface area contributed by atoms with E-state index in [1.165, 1.54) is 27.9 Å². The largest absolute Gasteiger partial charge is 0.353 e. The van der Waals surface area contributed by atoms with E-state index in [2.05, 4.69) is 99.4 Å². The highest BCUT2D eigenvalue weighted by Crippen LogP contribution is 2.43. The maximum absolute atomic E-state index is 2.40. The van der Waals surface area contributed by atoms with E-state index in [1.54, 1.807) is 0 Å². The molecule has 3 rings (SSSR count). The first-order valence-electron chi connectivity index (χ1n) is 7.79. The van der Waals surface area contributed by atoms with Gasteiger partial charge in [0.15, 0.2) is 0 Å². The summed E-state index contributed by atoms with van der Waals surface area (Å²) in [5.41, 5.74) is 6.36. The number of rotatable bonds is 2. The Morgan fingerprint density at radius 1 is 0.773 bits per heavy atom. The molecular formula is C20H24N2. The second kappa shape index (κ2) is 5.20. The van der Waals surface area contributed by atoms with Gasteiger partial charge in [-0.05, 0) is 44.4 Å². The van der Waals surface area contributed by atoms with Crippen LogP contribution < -0.4 is 4.90 Å². The summed E-state index contributed by atoms with van der Waals surface area (Å²) in [6, 6.07) is 15.2. The molecule has 0 bridgehead atoms. The summed E-state index contributed by atoms with van der Waals surface area (Å²) < 4.78 is 0. The zero-order chi connectivity index (χ0) is 15.9. The predicted octanol–water partition coefficient (Wildman–Crippen LogP) is 4.71. The van der Waals surface area contributed by atoms with Crippen LogP contribution in [0, 0.1) is 20.8 Å². The van der Waals surface area contributed by atoms with E-state index >= 15 is 0 Å². The van der Waals surface area contributed by atoms with Crippen LogP contribution in [0.4, 0.5) is 5.69 Å². The fourth-order valence-corrected chi connectivity index (χ4v) is 3.53. The molecule has 22 heavy (non-hydrogen) atoms. The molecule has 0 spiro atoms. The molecule has 0 aliphatic carbocycles. The van der Waals surface area contributed by atoms with Crippen LogP contribution in [0.5, 0.6) is 0 Å². The molecule has 2 aromatic rings. The minimum absolute atomic E-state index is 0.206.